The Hall–Kier alpha value is -0.0900. The first kappa shape index (κ1) is 14.0. The summed E-state index contributed by atoms with van der Waals surface area (Å²) in [4.78, 5) is 17.1. The molecule has 0 aliphatic carbocycles. The molecule has 9 nitrogen and oxygen atoms in total. The second-order valence-electron chi connectivity index (χ2n) is 3.29. The van der Waals surface area contributed by atoms with Crippen molar-refractivity contribution in [3.8, 4) is 0 Å². The minimum Gasteiger partial charge on any atom is -0.394 e. The minimum absolute atomic E-state index is 0.745. The Morgan fingerprint density at radius 1 is 1.19 bits per heavy atom. The van der Waals surface area contributed by atoms with Crippen LogP contribution >= 0.6 is 7.82 Å². The Bertz CT molecular complexity index is 275. The predicted octanol–water partition coefficient (Wildman–Crippen LogP) is -3.10. The first-order chi connectivity index (χ1) is 7.26. The maximum atomic E-state index is 10.6. The summed E-state index contributed by atoms with van der Waals surface area (Å²) >= 11 is 0. The molecule has 1 aliphatic heterocycles. The zero-order valence-corrected chi connectivity index (χ0v) is 8.84. The zero-order chi connectivity index (χ0) is 12.5. The molecule has 0 bridgehead atoms. The van der Waals surface area contributed by atoms with Gasteiger partial charge in [-0.2, -0.15) is 0 Å². The molecule has 1 heterocycles. The third-order valence-electron chi connectivity index (χ3n) is 2.10. The van der Waals surface area contributed by atoms with E-state index >= 15 is 0 Å². The molecule has 1 fully saturated rings. The Labute approximate surface area is 90.1 Å². The Morgan fingerprint density at radius 3 is 2.19 bits per heavy atom. The van der Waals surface area contributed by atoms with E-state index in [2.05, 4.69) is 9.26 Å². The van der Waals surface area contributed by atoms with Gasteiger partial charge in [0.05, 0.1) is 6.61 Å². The fraction of sp³-hybridized carbons (Fsp3) is 1.00. The van der Waals surface area contributed by atoms with Crippen LogP contribution in [-0.4, -0.2) is 67.5 Å². The molecule has 0 spiro atoms. The number of aliphatic hydroxyl groups excluding tert-OH is 4. The SMILES string of the molecule is O=P(O)(O)O[C@@H]1[C@H](O)[C@@H](O)C(O)O[C@@H]1CO. The highest BCUT2D eigenvalue weighted by Gasteiger charge is 2.46. The molecule has 5 atom stereocenters. The van der Waals surface area contributed by atoms with Crippen LogP contribution in [0.1, 0.15) is 0 Å². The van der Waals surface area contributed by atoms with Gasteiger partial charge in [-0.05, 0) is 0 Å². The van der Waals surface area contributed by atoms with Crippen molar-refractivity contribution in [2.75, 3.05) is 6.61 Å². The van der Waals surface area contributed by atoms with E-state index in [1.165, 1.54) is 0 Å². The van der Waals surface area contributed by atoms with E-state index in [1.54, 1.807) is 0 Å². The summed E-state index contributed by atoms with van der Waals surface area (Å²) in [6.07, 6.45) is -8.30. The van der Waals surface area contributed by atoms with E-state index < -0.39 is 45.1 Å². The van der Waals surface area contributed by atoms with Crippen molar-refractivity contribution in [2.45, 2.75) is 30.7 Å². The molecule has 0 aromatic carbocycles. The van der Waals surface area contributed by atoms with Crippen molar-refractivity contribution in [2.24, 2.45) is 0 Å². The van der Waals surface area contributed by atoms with Crippen molar-refractivity contribution < 1.29 is 44.0 Å². The van der Waals surface area contributed by atoms with Crippen molar-refractivity contribution in [3.63, 3.8) is 0 Å². The molecule has 16 heavy (non-hydrogen) atoms. The molecule has 0 aromatic heterocycles. The number of phosphoric ester groups is 1. The van der Waals surface area contributed by atoms with Gasteiger partial charge in [-0.1, -0.05) is 0 Å². The second-order valence-corrected chi connectivity index (χ2v) is 4.48. The van der Waals surface area contributed by atoms with E-state index in [4.69, 9.17) is 20.0 Å². The first-order valence-electron chi connectivity index (χ1n) is 4.30. The van der Waals surface area contributed by atoms with Crippen LogP contribution in [0.5, 0.6) is 0 Å². The number of hydrogen-bond donors (Lipinski definition) is 6. The van der Waals surface area contributed by atoms with E-state index in [9.17, 15) is 14.8 Å². The molecular weight excluding hydrogens is 247 g/mol. The lowest BCUT2D eigenvalue weighted by Gasteiger charge is -2.39. The molecular formula is C6H13O9P. The van der Waals surface area contributed by atoms with Crippen LogP contribution in [0.4, 0.5) is 0 Å². The molecule has 1 aliphatic rings. The monoisotopic (exact) mass is 260 g/mol. The molecule has 10 heteroatoms. The maximum Gasteiger partial charge on any atom is 0.470 e. The second kappa shape index (κ2) is 5.05. The highest BCUT2D eigenvalue weighted by atomic mass is 31.2. The van der Waals surface area contributed by atoms with Crippen LogP contribution in [-0.2, 0) is 13.8 Å². The van der Waals surface area contributed by atoms with Crippen molar-refractivity contribution in [1.29, 1.82) is 0 Å². The minimum atomic E-state index is -4.91. The first-order valence-corrected chi connectivity index (χ1v) is 5.83. The summed E-state index contributed by atoms with van der Waals surface area (Å²) in [6, 6.07) is 0. The smallest absolute Gasteiger partial charge is 0.394 e. The van der Waals surface area contributed by atoms with Crippen molar-refractivity contribution in [1.82, 2.24) is 0 Å². The Morgan fingerprint density at radius 2 is 1.75 bits per heavy atom. The third kappa shape index (κ3) is 3.20. The summed E-state index contributed by atoms with van der Waals surface area (Å²) in [5, 5.41) is 36.5. The summed E-state index contributed by atoms with van der Waals surface area (Å²) < 4.78 is 19.4. The molecule has 1 rings (SSSR count). The maximum absolute atomic E-state index is 10.6. The molecule has 0 saturated carbocycles. The van der Waals surface area contributed by atoms with Gasteiger partial charge in [0.15, 0.2) is 6.29 Å². The normalized spacial score (nSPS) is 41.0. The fourth-order valence-electron chi connectivity index (χ4n) is 1.36. The van der Waals surface area contributed by atoms with Gasteiger partial charge in [0.1, 0.15) is 24.4 Å². The average Bonchev–Trinajstić information content (AvgIpc) is 2.17. The van der Waals surface area contributed by atoms with Crippen molar-refractivity contribution >= 4 is 7.82 Å². The molecule has 0 amide bonds. The van der Waals surface area contributed by atoms with Crippen LogP contribution in [0.3, 0.4) is 0 Å². The number of rotatable bonds is 3. The van der Waals surface area contributed by atoms with Gasteiger partial charge >= 0.3 is 7.82 Å². The summed E-state index contributed by atoms with van der Waals surface area (Å²) in [6.45, 7) is -0.745. The largest absolute Gasteiger partial charge is 0.470 e. The lowest BCUT2D eigenvalue weighted by atomic mass is 9.99. The van der Waals surface area contributed by atoms with Crippen molar-refractivity contribution in [3.05, 3.63) is 0 Å². The summed E-state index contributed by atoms with van der Waals surface area (Å²) in [5.74, 6) is 0. The lowest BCUT2D eigenvalue weighted by Crippen LogP contribution is -2.59. The zero-order valence-electron chi connectivity index (χ0n) is 7.95. The third-order valence-corrected chi connectivity index (χ3v) is 2.62. The van der Waals surface area contributed by atoms with Crippen LogP contribution < -0.4 is 0 Å². The fourth-order valence-corrected chi connectivity index (χ4v) is 1.93. The molecule has 0 radical (unpaired) electrons. The van der Waals surface area contributed by atoms with Gasteiger partial charge in [-0.15, -0.1) is 0 Å². The van der Waals surface area contributed by atoms with Gasteiger partial charge in [0.2, 0.25) is 0 Å². The molecule has 0 aromatic rings. The standard InChI is InChI=1S/C6H13O9P/c7-1-2-5(15-16(11,12)13)3(8)4(9)6(10)14-2/h2-10H,1H2,(H2,11,12,13)/t2-,3-,4-,5+,6?/m1/s1. The topological polar surface area (TPSA) is 157 Å². The van der Waals surface area contributed by atoms with Gasteiger partial charge < -0.3 is 34.9 Å². The molecule has 6 N–H and O–H groups in total. The van der Waals surface area contributed by atoms with Gasteiger partial charge in [-0.25, -0.2) is 4.57 Å². The number of hydrogen-bond acceptors (Lipinski definition) is 7. The van der Waals surface area contributed by atoms with Crippen LogP contribution in [0.15, 0.2) is 0 Å². The highest BCUT2D eigenvalue weighted by molar-refractivity contribution is 7.46. The van der Waals surface area contributed by atoms with Crippen LogP contribution in [0, 0.1) is 0 Å². The molecule has 1 unspecified atom stereocenters. The van der Waals surface area contributed by atoms with E-state index in [0.717, 1.165) is 0 Å². The quantitative estimate of drug-likeness (QED) is 0.289. The Balaban J connectivity index is 2.81. The number of aliphatic hydroxyl groups is 4. The summed E-state index contributed by atoms with van der Waals surface area (Å²) in [7, 11) is -4.91. The van der Waals surface area contributed by atoms with Crippen LogP contribution in [0.25, 0.3) is 0 Å². The van der Waals surface area contributed by atoms with Crippen LogP contribution in [0.2, 0.25) is 0 Å². The van der Waals surface area contributed by atoms with E-state index in [-0.39, 0.29) is 0 Å². The summed E-state index contributed by atoms with van der Waals surface area (Å²) in [5.41, 5.74) is 0. The highest BCUT2D eigenvalue weighted by Crippen LogP contribution is 2.41. The van der Waals surface area contributed by atoms with Gasteiger partial charge in [0, 0.05) is 0 Å². The van der Waals surface area contributed by atoms with Gasteiger partial charge in [0.25, 0.3) is 0 Å². The van der Waals surface area contributed by atoms with Gasteiger partial charge in [-0.3, -0.25) is 4.52 Å². The predicted molar refractivity (Wildman–Crippen MR) is 46.9 cm³/mol. The average molecular weight is 260 g/mol. The van der Waals surface area contributed by atoms with E-state index in [1.807, 2.05) is 0 Å². The molecule has 96 valence electrons. The number of phosphoric acid groups is 1. The Kier molecular flexibility index (Phi) is 4.41. The lowest BCUT2D eigenvalue weighted by molar-refractivity contribution is -0.283. The van der Waals surface area contributed by atoms with E-state index in [0.29, 0.717) is 0 Å². The number of ether oxygens (including phenoxy) is 1. The molecule has 1 saturated heterocycles.